The number of ether oxygens (including phenoxy) is 1. The van der Waals surface area contributed by atoms with Gasteiger partial charge in [-0.25, -0.2) is 13.6 Å². The first kappa shape index (κ1) is 16.7. The van der Waals surface area contributed by atoms with E-state index < -0.39 is 15.9 Å². The summed E-state index contributed by atoms with van der Waals surface area (Å²) in [4.78, 5) is 12.2. The Balaban J connectivity index is 2.39. The highest BCUT2D eigenvalue weighted by Gasteiger charge is 2.17. The maximum atomic E-state index is 12.4. The maximum Gasteiger partial charge on any atom is 0.259 e. The summed E-state index contributed by atoms with van der Waals surface area (Å²) in [6, 6.07) is 11.1. The molecule has 0 aromatic heterocycles. The smallest absolute Gasteiger partial charge is 0.259 e. The molecule has 0 unspecified atom stereocenters. The van der Waals surface area contributed by atoms with Gasteiger partial charge in [0, 0.05) is 9.26 Å². The number of carbonyl (C=O) groups excluding carboxylic acids is 1. The zero-order chi connectivity index (χ0) is 16.3. The molecule has 0 radical (unpaired) electrons. The van der Waals surface area contributed by atoms with Crippen molar-refractivity contribution in [2.24, 2.45) is 5.14 Å². The average Bonchev–Trinajstić information content (AvgIpc) is 2.45. The van der Waals surface area contributed by atoms with Crippen LogP contribution in [0.5, 0.6) is 5.75 Å². The van der Waals surface area contributed by atoms with Crippen LogP contribution in [0.2, 0.25) is 0 Å². The minimum Gasteiger partial charge on any atom is -0.496 e. The number of rotatable bonds is 4. The Morgan fingerprint density at radius 2 is 1.95 bits per heavy atom. The van der Waals surface area contributed by atoms with Crippen LogP contribution in [0.15, 0.2) is 47.4 Å². The molecule has 0 fully saturated rings. The van der Waals surface area contributed by atoms with Crippen LogP contribution in [0.25, 0.3) is 0 Å². The van der Waals surface area contributed by atoms with Crippen molar-refractivity contribution in [3.05, 3.63) is 51.6 Å². The van der Waals surface area contributed by atoms with Crippen LogP contribution in [0, 0.1) is 3.57 Å². The highest BCUT2D eigenvalue weighted by molar-refractivity contribution is 14.1. The SMILES string of the molecule is COc1ccc(S(N)(=O)=O)cc1C(=O)Nc1cccc(I)c1. The third-order valence-electron chi connectivity index (χ3n) is 2.83. The minimum atomic E-state index is -3.90. The number of halogens is 1. The molecule has 0 saturated carbocycles. The van der Waals surface area contributed by atoms with E-state index in [9.17, 15) is 13.2 Å². The van der Waals surface area contributed by atoms with Gasteiger partial charge >= 0.3 is 0 Å². The van der Waals surface area contributed by atoms with Gasteiger partial charge in [0.15, 0.2) is 0 Å². The topological polar surface area (TPSA) is 98.5 Å². The van der Waals surface area contributed by atoms with E-state index in [1.165, 1.54) is 25.3 Å². The molecule has 0 heterocycles. The summed E-state index contributed by atoms with van der Waals surface area (Å²) in [7, 11) is -2.50. The molecule has 116 valence electrons. The number of primary sulfonamides is 1. The van der Waals surface area contributed by atoms with Gasteiger partial charge in [0.05, 0.1) is 17.6 Å². The molecule has 6 nitrogen and oxygen atoms in total. The van der Waals surface area contributed by atoms with Gasteiger partial charge in [0.2, 0.25) is 10.0 Å². The fourth-order valence-corrected chi connectivity index (χ4v) is 2.89. The molecule has 0 bridgehead atoms. The summed E-state index contributed by atoms with van der Waals surface area (Å²) in [6.07, 6.45) is 0. The lowest BCUT2D eigenvalue weighted by Crippen LogP contribution is -2.16. The van der Waals surface area contributed by atoms with Gasteiger partial charge in [-0.15, -0.1) is 0 Å². The second-order valence-corrected chi connectivity index (χ2v) is 7.18. The summed E-state index contributed by atoms with van der Waals surface area (Å²) in [5, 5.41) is 7.78. The normalized spacial score (nSPS) is 11.0. The Bertz CT molecular complexity index is 821. The van der Waals surface area contributed by atoms with Gasteiger partial charge in [-0.2, -0.15) is 0 Å². The summed E-state index contributed by atoms with van der Waals surface area (Å²) >= 11 is 2.12. The number of hydrogen-bond acceptors (Lipinski definition) is 4. The first-order chi connectivity index (χ1) is 10.3. The lowest BCUT2D eigenvalue weighted by molar-refractivity contribution is 0.102. The summed E-state index contributed by atoms with van der Waals surface area (Å²) < 4.78 is 28.9. The average molecular weight is 432 g/mol. The second-order valence-electron chi connectivity index (χ2n) is 4.37. The zero-order valence-electron chi connectivity index (χ0n) is 11.5. The van der Waals surface area contributed by atoms with Gasteiger partial charge in [-0.05, 0) is 59.0 Å². The summed E-state index contributed by atoms with van der Waals surface area (Å²) in [5.41, 5.74) is 0.688. The van der Waals surface area contributed by atoms with Gasteiger partial charge in [-0.3, -0.25) is 4.79 Å². The van der Waals surface area contributed by atoms with Crippen molar-refractivity contribution in [2.45, 2.75) is 4.90 Å². The van der Waals surface area contributed by atoms with Gasteiger partial charge < -0.3 is 10.1 Å². The molecule has 0 atom stereocenters. The number of carbonyl (C=O) groups is 1. The molecular formula is C14H13IN2O4S. The number of sulfonamides is 1. The molecule has 0 spiro atoms. The van der Waals surface area contributed by atoms with Gasteiger partial charge in [0.1, 0.15) is 5.75 Å². The molecule has 2 rings (SSSR count). The van der Waals surface area contributed by atoms with Crippen molar-refractivity contribution in [2.75, 3.05) is 12.4 Å². The number of anilines is 1. The van der Waals surface area contributed by atoms with Crippen LogP contribution in [-0.2, 0) is 10.0 Å². The van der Waals surface area contributed by atoms with E-state index in [1.807, 2.05) is 6.07 Å². The van der Waals surface area contributed by atoms with Crippen molar-refractivity contribution in [3.8, 4) is 5.75 Å². The minimum absolute atomic E-state index is 0.0906. The van der Waals surface area contributed by atoms with Crippen LogP contribution in [-0.4, -0.2) is 21.4 Å². The summed E-state index contributed by atoms with van der Waals surface area (Å²) in [5.74, 6) is -0.222. The molecule has 2 aromatic rings. The first-order valence-corrected chi connectivity index (χ1v) is 8.71. The molecule has 22 heavy (non-hydrogen) atoms. The van der Waals surface area contributed by atoms with E-state index in [0.717, 1.165) is 3.57 Å². The Morgan fingerprint density at radius 3 is 2.55 bits per heavy atom. The third kappa shape index (κ3) is 3.96. The molecule has 1 amide bonds. The molecule has 0 aliphatic rings. The number of benzene rings is 2. The molecule has 2 aromatic carbocycles. The fraction of sp³-hybridized carbons (Fsp3) is 0.0714. The van der Waals surface area contributed by atoms with E-state index in [1.54, 1.807) is 18.2 Å². The summed E-state index contributed by atoms with van der Waals surface area (Å²) in [6.45, 7) is 0. The third-order valence-corrected chi connectivity index (χ3v) is 4.41. The highest BCUT2D eigenvalue weighted by Crippen LogP contribution is 2.23. The zero-order valence-corrected chi connectivity index (χ0v) is 14.5. The molecular weight excluding hydrogens is 419 g/mol. The predicted octanol–water partition coefficient (Wildman–Crippen LogP) is 2.20. The van der Waals surface area contributed by atoms with E-state index in [0.29, 0.717) is 5.69 Å². The standard InChI is InChI=1S/C14H13IN2O4S/c1-21-13-6-5-11(22(16,19)20)8-12(13)14(18)17-10-4-2-3-9(15)7-10/h2-8H,1H3,(H,17,18)(H2,16,19,20). The van der Waals surface area contributed by atoms with Crippen LogP contribution in [0.3, 0.4) is 0 Å². The van der Waals surface area contributed by atoms with E-state index in [2.05, 4.69) is 27.9 Å². The first-order valence-electron chi connectivity index (χ1n) is 6.09. The van der Waals surface area contributed by atoms with E-state index in [-0.39, 0.29) is 16.2 Å². The largest absolute Gasteiger partial charge is 0.496 e. The molecule has 0 saturated heterocycles. The number of nitrogens with two attached hydrogens (primary N) is 1. The van der Waals surface area contributed by atoms with Crippen LogP contribution in [0.4, 0.5) is 5.69 Å². The van der Waals surface area contributed by atoms with Crippen molar-refractivity contribution < 1.29 is 17.9 Å². The van der Waals surface area contributed by atoms with Crippen LogP contribution >= 0.6 is 22.6 Å². The number of hydrogen-bond donors (Lipinski definition) is 2. The van der Waals surface area contributed by atoms with Crippen LogP contribution < -0.4 is 15.2 Å². The fourth-order valence-electron chi connectivity index (χ4n) is 1.81. The van der Waals surface area contributed by atoms with Crippen molar-refractivity contribution in [1.82, 2.24) is 0 Å². The van der Waals surface area contributed by atoms with Crippen molar-refractivity contribution in [1.29, 1.82) is 0 Å². The Hall–Kier alpha value is -1.65. The quantitative estimate of drug-likeness (QED) is 0.724. The lowest BCUT2D eigenvalue weighted by Gasteiger charge is -2.11. The number of methoxy groups -OCH3 is 1. The van der Waals surface area contributed by atoms with E-state index in [4.69, 9.17) is 9.88 Å². The van der Waals surface area contributed by atoms with E-state index >= 15 is 0 Å². The number of amides is 1. The Labute approximate surface area is 141 Å². The monoisotopic (exact) mass is 432 g/mol. The van der Waals surface area contributed by atoms with Gasteiger partial charge in [0.25, 0.3) is 5.91 Å². The molecule has 8 heteroatoms. The van der Waals surface area contributed by atoms with Gasteiger partial charge in [-0.1, -0.05) is 6.07 Å². The maximum absolute atomic E-state index is 12.4. The highest BCUT2D eigenvalue weighted by atomic mass is 127. The molecule has 0 aliphatic heterocycles. The predicted molar refractivity (Wildman–Crippen MR) is 91.5 cm³/mol. The Kier molecular flexibility index (Phi) is 5.04. The second kappa shape index (κ2) is 6.63. The van der Waals surface area contributed by atoms with Crippen molar-refractivity contribution in [3.63, 3.8) is 0 Å². The van der Waals surface area contributed by atoms with Crippen molar-refractivity contribution >= 4 is 44.2 Å². The van der Waals surface area contributed by atoms with Crippen LogP contribution in [0.1, 0.15) is 10.4 Å². The lowest BCUT2D eigenvalue weighted by atomic mass is 10.2. The molecule has 0 aliphatic carbocycles. The Morgan fingerprint density at radius 1 is 1.23 bits per heavy atom. The molecule has 3 N–H and O–H groups in total. The number of nitrogens with one attached hydrogen (secondary N) is 1.